The maximum absolute atomic E-state index is 13.0. The van der Waals surface area contributed by atoms with E-state index in [1.165, 1.54) is 0 Å². The minimum atomic E-state index is -0.491. The van der Waals surface area contributed by atoms with Crippen LogP contribution in [0.5, 0.6) is 0 Å². The van der Waals surface area contributed by atoms with Gasteiger partial charge in [-0.1, -0.05) is 31.5 Å². The number of carbonyl (C=O) groups excluding carboxylic acids is 2. The fraction of sp³-hybridized carbons (Fsp3) is 0.292. The zero-order valence-corrected chi connectivity index (χ0v) is 16.9. The van der Waals surface area contributed by atoms with Crippen LogP contribution in [0, 0.1) is 0 Å². The quantitative estimate of drug-likeness (QED) is 0.467. The summed E-state index contributed by atoms with van der Waals surface area (Å²) < 4.78 is 10.8. The van der Waals surface area contributed by atoms with Crippen molar-refractivity contribution in [1.82, 2.24) is 10.3 Å². The van der Waals surface area contributed by atoms with Crippen molar-refractivity contribution in [2.75, 3.05) is 13.2 Å². The average molecular weight is 404 g/mol. The van der Waals surface area contributed by atoms with E-state index in [0.29, 0.717) is 18.5 Å². The summed E-state index contributed by atoms with van der Waals surface area (Å²) in [6.45, 7) is 2.35. The maximum atomic E-state index is 13.0. The van der Waals surface area contributed by atoms with E-state index in [9.17, 15) is 9.59 Å². The third kappa shape index (κ3) is 4.13. The minimum absolute atomic E-state index is 0.287. The highest BCUT2D eigenvalue weighted by Gasteiger charge is 2.28. The van der Waals surface area contributed by atoms with Gasteiger partial charge in [-0.3, -0.25) is 4.79 Å². The number of carbonyl (C=O) groups is 2. The van der Waals surface area contributed by atoms with Crippen LogP contribution in [0.15, 0.2) is 47.1 Å². The molecule has 1 aliphatic carbocycles. The third-order valence-corrected chi connectivity index (χ3v) is 5.19. The summed E-state index contributed by atoms with van der Waals surface area (Å²) >= 11 is 0. The van der Waals surface area contributed by atoms with Gasteiger partial charge in [-0.25, -0.2) is 9.78 Å². The molecule has 2 heterocycles. The van der Waals surface area contributed by atoms with E-state index in [1.807, 2.05) is 42.5 Å². The summed E-state index contributed by atoms with van der Waals surface area (Å²) in [6.07, 6.45) is 6.92. The van der Waals surface area contributed by atoms with Crippen LogP contribution >= 0.6 is 0 Å². The van der Waals surface area contributed by atoms with Gasteiger partial charge in [0.1, 0.15) is 5.76 Å². The third-order valence-electron chi connectivity index (χ3n) is 5.19. The number of unbranched alkanes of at least 4 members (excludes halogenated alkanes) is 1. The van der Waals surface area contributed by atoms with Crippen LogP contribution in [0.2, 0.25) is 0 Å². The van der Waals surface area contributed by atoms with Crippen LogP contribution in [-0.2, 0) is 16.0 Å². The van der Waals surface area contributed by atoms with Crippen LogP contribution in [-0.4, -0.2) is 30.0 Å². The van der Waals surface area contributed by atoms with Gasteiger partial charge in [0.15, 0.2) is 6.61 Å². The fourth-order valence-corrected chi connectivity index (χ4v) is 3.72. The number of nitrogens with zero attached hydrogens (tertiary/aromatic N) is 1. The Morgan fingerprint density at radius 1 is 1.20 bits per heavy atom. The number of hydrogen-bond donors (Lipinski definition) is 1. The van der Waals surface area contributed by atoms with Crippen molar-refractivity contribution in [3.63, 3.8) is 0 Å². The number of para-hydroxylation sites is 1. The van der Waals surface area contributed by atoms with E-state index in [1.54, 1.807) is 6.26 Å². The van der Waals surface area contributed by atoms with Gasteiger partial charge in [0.05, 0.1) is 23.0 Å². The molecule has 0 unspecified atom stereocenters. The van der Waals surface area contributed by atoms with E-state index < -0.39 is 5.97 Å². The Morgan fingerprint density at radius 2 is 2.07 bits per heavy atom. The molecule has 0 spiro atoms. The number of furan rings is 1. The molecule has 6 heteroatoms. The van der Waals surface area contributed by atoms with Gasteiger partial charge in [0.25, 0.3) is 5.91 Å². The summed E-state index contributed by atoms with van der Waals surface area (Å²) in [5.41, 5.74) is 3.91. The Labute approximate surface area is 174 Å². The summed E-state index contributed by atoms with van der Waals surface area (Å²) in [5.74, 6) is -0.0272. The van der Waals surface area contributed by atoms with Crippen LogP contribution in [0.3, 0.4) is 0 Å². The van der Waals surface area contributed by atoms with Crippen molar-refractivity contribution in [3.8, 4) is 0 Å². The van der Waals surface area contributed by atoms with E-state index >= 15 is 0 Å². The number of aromatic nitrogens is 1. The predicted molar refractivity (Wildman–Crippen MR) is 115 cm³/mol. The van der Waals surface area contributed by atoms with Crippen molar-refractivity contribution < 1.29 is 18.7 Å². The Kier molecular flexibility index (Phi) is 5.93. The second-order valence-corrected chi connectivity index (χ2v) is 7.30. The summed E-state index contributed by atoms with van der Waals surface area (Å²) in [5, 5.41) is 3.51. The van der Waals surface area contributed by atoms with E-state index in [-0.39, 0.29) is 12.5 Å². The normalized spacial score (nSPS) is 14.1. The largest absolute Gasteiger partial charge is 0.465 e. The minimum Gasteiger partial charge on any atom is -0.465 e. The molecule has 0 radical (unpaired) electrons. The summed E-state index contributed by atoms with van der Waals surface area (Å²) in [4.78, 5) is 29.8. The molecule has 1 aromatic carbocycles. The van der Waals surface area contributed by atoms with E-state index in [4.69, 9.17) is 14.1 Å². The van der Waals surface area contributed by atoms with Crippen molar-refractivity contribution in [3.05, 3.63) is 65.2 Å². The summed E-state index contributed by atoms with van der Waals surface area (Å²) in [6, 6.07) is 11.2. The topological polar surface area (TPSA) is 81.4 Å². The van der Waals surface area contributed by atoms with Gasteiger partial charge in [-0.05, 0) is 54.7 Å². The van der Waals surface area contributed by atoms with E-state index in [0.717, 1.165) is 52.8 Å². The predicted octanol–water partition coefficient (Wildman–Crippen LogP) is 4.39. The standard InChI is InChI=1S/C24H24N2O4/c1-2-3-12-25-21(27)15-30-24(28)22-18-8-4-5-9-20(18)26-23-16(10-11-19(22)23)14-17-7-6-13-29-17/h4-9,13-14H,2-3,10-12,15H2,1H3,(H,25,27). The van der Waals surface area contributed by atoms with Crippen LogP contribution in [0.4, 0.5) is 0 Å². The lowest BCUT2D eigenvalue weighted by atomic mass is 10.0. The highest BCUT2D eigenvalue weighted by atomic mass is 16.5. The second kappa shape index (κ2) is 8.95. The van der Waals surface area contributed by atoms with Crippen molar-refractivity contribution in [1.29, 1.82) is 0 Å². The number of esters is 1. The number of benzene rings is 1. The van der Waals surface area contributed by atoms with Gasteiger partial charge in [0, 0.05) is 11.9 Å². The molecule has 3 aromatic rings. The Morgan fingerprint density at radius 3 is 2.87 bits per heavy atom. The van der Waals surface area contributed by atoms with Crippen molar-refractivity contribution in [2.24, 2.45) is 0 Å². The Bertz CT molecular complexity index is 1100. The molecule has 154 valence electrons. The van der Waals surface area contributed by atoms with Gasteiger partial charge >= 0.3 is 5.97 Å². The smallest absolute Gasteiger partial charge is 0.339 e. The highest BCUT2D eigenvalue weighted by molar-refractivity contribution is 6.07. The molecule has 2 aromatic heterocycles. The monoisotopic (exact) mass is 404 g/mol. The molecular weight excluding hydrogens is 380 g/mol. The summed E-state index contributed by atoms with van der Waals surface area (Å²) in [7, 11) is 0. The number of pyridine rings is 1. The van der Waals surface area contributed by atoms with Gasteiger partial charge < -0.3 is 14.5 Å². The molecule has 0 fully saturated rings. The second-order valence-electron chi connectivity index (χ2n) is 7.30. The van der Waals surface area contributed by atoms with Crippen LogP contribution in [0.25, 0.3) is 22.6 Å². The average Bonchev–Trinajstić information content (AvgIpc) is 3.41. The number of ether oxygens (including phenoxy) is 1. The first kappa shape index (κ1) is 19.9. The lowest BCUT2D eigenvalue weighted by Gasteiger charge is -2.12. The molecule has 30 heavy (non-hydrogen) atoms. The number of amides is 1. The molecule has 0 bridgehead atoms. The highest BCUT2D eigenvalue weighted by Crippen LogP contribution is 2.37. The van der Waals surface area contributed by atoms with Gasteiger partial charge in [-0.15, -0.1) is 0 Å². The molecule has 0 atom stereocenters. The van der Waals surface area contributed by atoms with Crippen molar-refractivity contribution >= 4 is 34.4 Å². The molecule has 6 nitrogen and oxygen atoms in total. The Hall–Kier alpha value is -3.41. The molecule has 0 saturated heterocycles. The number of fused-ring (bicyclic) bond motifs is 2. The zero-order valence-electron chi connectivity index (χ0n) is 16.9. The van der Waals surface area contributed by atoms with Crippen LogP contribution in [0.1, 0.15) is 53.6 Å². The van der Waals surface area contributed by atoms with Crippen molar-refractivity contribution in [2.45, 2.75) is 32.6 Å². The first-order valence-corrected chi connectivity index (χ1v) is 10.3. The first-order chi connectivity index (χ1) is 14.7. The molecule has 1 aliphatic rings. The fourth-order valence-electron chi connectivity index (χ4n) is 3.72. The lowest BCUT2D eigenvalue weighted by molar-refractivity contribution is -0.124. The SMILES string of the molecule is CCCCNC(=O)COC(=O)c1c2c(nc3ccccc13)C(=Cc1ccco1)CC2. The number of rotatable bonds is 7. The molecule has 0 aliphatic heterocycles. The van der Waals surface area contributed by atoms with Gasteiger partial charge in [-0.2, -0.15) is 0 Å². The number of allylic oxidation sites excluding steroid dienone is 1. The zero-order chi connectivity index (χ0) is 20.9. The maximum Gasteiger partial charge on any atom is 0.339 e. The Balaban J connectivity index is 1.64. The first-order valence-electron chi connectivity index (χ1n) is 10.3. The van der Waals surface area contributed by atoms with Crippen LogP contribution < -0.4 is 5.32 Å². The number of hydrogen-bond acceptors (Lipinski definition) is 5. The lowest BCUT2D eigenvalue weighted by Crippen LogP contribution is -2.29. The molecular formula is C24H24N2O4. The van der Waals surface area contributed by atoms with Gasteiger partial charge in [0.2, 0.25) is 0 Å². The molecule has 4 rings (SSSR count). The molecule has 1 N–H and O–H groups in total. The molecule has 0 saturated carbocycles. The molecule has 1 amide bonds. The van der Waals surface area contributed by atoms with E-state index in [2.05, 4.69) is 12.2 Å². The number of nitrogens with one attached hydrogen (secondary N) is 1.